The van der Waals surface area contributed by atoms with Gasteiger partial charge in [-0.1, -0.05) is 15.9 Å². The number of halogens is 3. The van der Waals surface area contributed by atoms with Gasteiger partial charge in [0.2, 0.25) is 5.91 Å². The van der Waals surface area contributed by atoms with Crippen molar-refractivity contribution in [1.29, 1.82) is 0 Å². The maximum absolute atomic E-state index is 13.4. The largest absolute Gasteiger partial charge is 0.323 e. The fourth-order valence-electron chi connectivity index (χ4n) is 2.79. The number of hydrogen-bond donors (Lipinski definition) is 1. The van der Waals surface area contributed by atoms with Crippen molar-refractivity contribution in [2.45, 2.75) is 13.0 Å². The smallest absolute Gasteiger partial charge is 0.282 e. The molecule has 8 nitrogen and oxygen atoms in total. The van der Waals surface area contributed by atoms with Crippen LogP contribution in [0.2, 0.25) is 0 Å². The highest BCUT2D eigenvalue weighted by Gasteiger charge is 2.19. The Labute approximate surface area is 163 Å². The molecule has 1 N–H and O–H groups in total. The molecule has 28 heavy (non-hydrogen) atoms. The Morgan fingerprint density at radius 2 is 2.04 bits per heavy atom. The van der Waals surface area contributed by atoms with Crippen LogP contribution in [0.5, 0.6) is 0 Å². The van der Waals surface area contributed by atoms with Crippen LogP contribution in [-0.2, 0) is 11.3 Å². The monoisotopic (exact) mass is 448 g/mol. The van der Waals surface area contributed by atoms with E-state index >= 15 is 0 Å². The minimum atomic E-state index is -2.90. The molecule has 4 rings (SSSR count). The first-order valence-electron chi connectivity index (χ1n) is 8.00. The molecule has 0 saturated heterocycles. The molecule has 0 aliphatic rings. The van der Waals surface area contributed by atoms with E-state index in [1.54, 1.807) is 28.8 Å². The number of pyridine rings is 1. The Kier molecular flexibility index (Phi) is 4.59. The molecule has 4 aromatic rings. The lowest BCUT2D eigenvalue weighted by atomic mass is 10.1. The van der Waals surface area contributed by atoms with E-state index in [0.717, 1.165) is 4.68 Å². The number of nitrogens with one attached hydrogen (secondary N) is 1. The standard InChI is InChI=1S/C17H11BrF2N6O2/c18-9-1-3-11-12(5-9)15(16(19)20)24-26(17(11)28)7-14(27)22-10-2-4-13-23-21-8-25(13)6-10/h1-6,8,16H,7H2,(H,22,27). The number of fused-ring (bicyclic) bond motifs is 2. The fraction of sp³-hybridized carbons (Fsp3) is 0.118. The molecule has 0 fully saturated rings. The number of benzene rings is 1. The highest BCUT2D eigenvalue weighted by molar-refractivity contribution is 9.10. The van der Waals surface area contributed by atoms with Crippen LogP contribution in [0.1, 0.15) is 12.1 Å². The number of alkyl halides is 2. The zero-order chi connectivity index (χ0) is 19.8. The summed E-state index contributed by atoms with van der Waals surface area (Å²) in [5.74, 6) is -0.585. The molecule has 0 saturated carbocycles. The van der Waals surface area contributed by atoms with Crippen molar-refractivity contribution in [3.05, 3.63) is 63.4 Å². The Morgan fingerprint density at radius 1 is 1.21 bits per heavy atom. The van der Waals surface area contributed by atoms with Crippen LogP contribution < -0.4 is 10.9 Å². The average Bonchev–Trinajstić information content (AvgIpc) is 3.11. The van der Waals surface area contributed by atoms with Crippen molar-refractivity contribution in [2.24, 2.45) is 0 Å². The normalized spacial score (nSPS) is 11.4. The summed E-state index contributed by atoms with van der Waals surface area (Å²) < 4.78 is 29.8. The van der Waals surface area contributed by atoms with Crippen LogP contribution in [0, 0.1) is 0 Å². The number of rotatable bonds is 4. The van der Waals surface area contributed by atoms with Crippen LogP contribution >= 0.6 is 15.9 Å². The predicted molar refractivity (Wildman–Crippen MR) is 100 cm³/mol. The molecular weight excluding hydrogens is 438 g/mol. The predicted octanol–water partition coefficient (Wildman–Crippen LogP) is 2.78. The summed E-state index contributed by atoms with van der Waals surface area (Å²) in [4.78, 5) is 24.9. The molecule has 0 aliphatic heterocycles. The fourth-order valence-corrected chi connectivity index (χ4v) is 3.15. The van der Waals surface area contributed by atoms with Gasteiger partial charge in [0.1, 0.15) is 18.6 Å². The Bertz CT molecular complexity index is 1270. The molecule has 0 unspecified atom stereocenters. The quantitative estimate of drug-likeness (QED) is 0.517. The number of aromatic nitrogens is 5. The van der Waals surface area contributed by atoms with E-state index in [1.165, 1.54) is 18.5 Å². The SMILES string of the molecule is O=C(Cn1nc(C(F)F)c2cc(Br)ccc2c1=O)Nc1ccc2nncn2c1. The van der Waals surface area contributed by atoms with E-state index in [0.29, 0.717) is 15.8 Å². The molecule has 0 bridgehead atoms. The summed E-state index contributed by atoms with van der Waals surface area (Å²) in [6.45, 7) is -0.509. The van der Waals surface area contributed by atoms with Crippen LogP contribution in [0.3, 0.4) is 0 Å². The first-order valence-corrected chi connectivity index (χ1v) is 8.79. The van der Waals surface area contributed by atoms with Crippen LogP contribution in [0.15, 0.2) is 52.1 Å². The maximum atomic E-state index is 13.4. The Hall–Kier alpha value is -3.21. The molecule has 0 spiro atoms. The van der Waals surface area contributed by atoms with Gasteiger partial charge in [0.05, 0.1) is 11.1 Å². The molecule has 142 valence electrons. The van der Waals surface area contributed by atoms with E-state index in [4.69, 9.17) is 0 Å². The second-order valence-electron chi connectivity index (χ2n) is 5.90. The molecular formula is C17H11BrF2N6O2. The molecule has 3 aromatic heterocycles. The topological polar surface area (TPSA) is 94.2 Å². The Morgan fingerprint density at radius 3 is 2.82 bits per heavy atom. The van der Waals surface area contributed by atoms with E-state index in [9.17, 15) is 18.4 Å². The second-order valence-corrected chi connectivity index (χ2v) is 6.82. The van der Waals surface area contributed by atoms with Gasteiger partial charge in [0, 0.05) is 16.1 Å². The van der Waals surface area contributed by atoms with Gasteiger partial charge in [-0.2, -0.15) is 5.10 Å². The summed E-state index contributed by atoms with van der Waals surface area (Å²) in [5.41, 5.74) is -0.159. The van der Waals surface area contributed by atoms with Crippen LogP contribution in [0.25, 0.3) is 16.4 Å². The van der Waals surface area contributed by atoms with Crippen molar-refractivity contribution in [3.63, 3.8) is 0 Å². The average molecular weight is 449 g/mol. The lowest BCUT2D eigenvalue weighted by Gasteiger charge is -2.11. The van der Waals surface area contributed by atoms with Gasteiger partial charge in [0.25, 0.3) is 12.0 Å². The number of anilines is 1. The zero-order valence-corrected chi connectivity index (χ0v) is 15.6. The number of carbonyl (C=O) groups excluding carboxylic acids is 1. The van der Waals surface area contributed by atoms with Crippen molar-refractivity contribution >= 4 is 43.9 Å². The lowest BCUT2D eigenvalue weighted by molar-refractivity contribution is -0.117. The lowest BCUT2D eigenvalue weighted by Crippen LogP contribution is -2.30. The maximum Gasteiger partial charge on any atom is 0.282 e. The van der Waals surface area contributed by atoms with Crippen molar-refractivity contribution in [3.8, 4) is 0 Å². The van der Waals surface area contributed by atoms with Crippen LogP contribution in [-0.4, -0.2) is 30.3 Å². The zero-order valence-electron chi connectivity index (χ0n) is 14.0. The van der Waals surface area contributed by atoms with E-state index in [1.807, 2.05) is 0 Å². The third kappa shape index (κ3) is 3.36. The first kappa shape index (κ1) is 18.2. The highest BCUT2D eigenvalue weighted by atomic mass is 79.9. The minimum Gasteiger partial charge on any atom is -0.323 e. The molecule has 3 heterocycles. The summed E-state index contributed by atoms with van der Waals surface area (Å²) >= 11 is 3.19. The number of carbonyl (C=O) groups is 1. The number of nitrogens with zero attached hydrogens (tertiary/aromatic N) is 5. The van der Waals surface area contributed by atoms with Gasteiger partial charge in [-0.05, 0) is 30.3 Å². The summed E-state index contributed by atoms with van der Waals surface area (Å²) in [7, 11) is 0. The third-order valence-corrected chi connectivity index (χ3v) is 4.52. The number of hydrogen-bond acceptors (Lipinski definition) is 5. The molecule has 11 heteroatoms. The number of amides is 1. The van der Waals surface area contributed by atoms with Crippen LogP contribution in [0.4, 0.5) is 14.5 Å². The molecule has 0 aliphatic carbocycles. The van der Waals surface area contributed by atoms with Gasteiger partial charge in [0.15, 0.2) is 5.65 Å². The van der Waals surface area contributed by atoms with Crippen molar-refractivity contribution in [2.75, 3.05) is 5.32 Å². The minimum absolute atomic E-state index is 0.0455. The summed E-state index contributed by atoms with van der Waals surface area (Å²) in [6, 6.07) is 7.65. The van der Waals surface area contributed by atoms with Gasteiger partial charge in [-0.25, -0.2) is 13.5 Å². The molecule has 0 radical (unpaired) electrons. The second kappa shape index (κ2) is 7.08. The van der Waals surface area contributed by atoms with Gasteiger partial charge in [-0.3, -0.25) is 14.0 Å². The molecule has 1 amide bonds. The molecule has 1 aromatic carbocycles. The van der Waals surface area contributed by atoms with Gasteiger partial charge in [-0.15, -0.1) is 10.2 Å². The Balaban J connectivity index is 1.66. The van der Waals surface area contributed by atoms with Gasteiger partial charge < -0.3 is 5.32 Å². The first-order chi connectivity index (χ1) is 13.4. The highest BCUT2D eigenvalue weighted by Crippen LogP contribution is 2.26. The van der Waals surface area contributed by atoms with E-state index < -0.39 is 30.1 Å². The van der Waals surface area contributed by atoms with E-state index in [-0.39, 0.29) is 10.8 Å². The van der Waals surface area contributed by atoms with E-state index in [2.05, 4.69) is 36.5 Å². The van der Waals surface area contributed by atoms with Gasteiger partial charge >= 0.3 is 0 Å². The summed E-state index contributed by atoms with van der Waals surface area (Å²) in [5, 5.41) is 14.0. The molecule has 0 atom stereocenters. The van der Waals surface area contributed by atoms with Crippen molar-refractivity contribution in [1.82, 2.24) is 24.4 Å². The van der Waals surface area contributed by atoms with Crippen molar-refractivity contribution < 1.29 is 13.6 Å². The third-order valence-electron chi connectivity index (χ3n) is 4.03. The summed E-state index contributed by atoms with van der Waals surface area (Å²) in [6.07, 6.45) is 0.155.